The molecule has 4 nitrogen and oxygen atoms in total. The Balaban J connectivity index is 1.82. The quantitative estimate of drug-likeness (QED) is 0.829. The molecule has 4 rings (SSSR count). The third-order valence-corrected chi connectivity index (χ3v) is 4.00. The van der Waals surface area contributed by atoms with Crippen molar-refractivity contribution in [2.24, 2.45) is 10.2 Å². The van der Waals surface area contributed by atoms with Crippen LogP contribution in [0.3, 0.4) is 0 Å². The first-order chi connectivity index (χ1) is 11.7. The van der Waals surface area contributed by atoms with E-state index in [1.807, 2.05) is 53.6 Å². The van der Waals surface area contributed by atoms with E-state index in [0.717, 1.165) is 33.9 Å². The van der Waals surface area contributed by atoms with Crippen molar-refractivity contribution in [1.29, 1.82) is 0 Å². The molecule has 2 aliphatic heterocycles. The van der Waals surface area contributed by atoms with Crippen LogP contribution in [0, 0.1) is 0 Å². The summed E-state index contributed by atoms with van der Waals surface area (Å²) >= 11 is 0. The minimum Gasteiger partial charge on any atom is -0.156 e. The fraction of sp³-hybridized carbons (Fsp3) is 0.100. The van der Waals surface area contributed by atoms with Gasteiger partial charge < -0.3 is 0 Å². The van der Waals surface area contributed by atoms with E-state index in [1.54, 1.807) is 0 Å². The Morgan fingerprint density at radius 3 is 1.96 bits per heavy atom. The Hall–Kier alpha value is -3.14. The van der Waals surface area contributed by atoms with Gasteiger partial charge >= 0.3 is 0 Å². The minimum absolute atomic E-state index is 0.931. The molecule has 0 aliphatic carbocycles. The first kappa shape index (κ1) is 14.5. The lowest BCUT2D eigenvalue weighted by atomic mass is 10.1. The zero-order valence-electron chi connectivity index (χ0n) is 13.7. The summed E-state index contributed by atoms with van der Waals surface area (Å²) in [5.41, 5.74) is 6.14. The Morgan fingerprint density at radius 2 is 1.29 bits per heavy atom. The van der Waals surface area contributed by atoms with Gasteiger partial charge in [-0.05, 0) is 26.0 Å². The lowest BCUT2D eigenvalue weighted by molar-refractivity contribution is 0.0750. The van der Waals surface area contributed by atoms with Crippen LogP contribution >= 0.6 is 0 Å². The number of rotatable bonds is 2. The standard InChI is InChI=1S/C20H18N4/c1-15-13-20(18-11-7-4-8-12-18)24-22-19(14-16(2)23(24)21-15)17-9-5-3-6-10-17/h3-14H,1-2H3. The van der Waals surface area contributed by atoms with Crippen molar-refractivity contribution in [1.82, 2.24) is 10.2 Å². The first-order valence-corrected chi connectivity index (χ1v) is 7.97. The van der Waals surface area contributed by atoms with Crippen molar-refractivity contribution >= 4 is 17.1 Å². The lowest BCUT2D eigenvalue weighted by Gasteiger charge is -2.37. The summed E-state index contributed by atoms with van der Waals surface area (Å²) in [6, 6.07) is 20.5. The molecule has 0 aromatic heterocycles. The highest BCUT2D eigenvalue weighted by molar-refractivity contribution is 6.10. The van der Waals surface area contributed by atoms with Gasteiger partial charge in [-0.15, -0.1) is 5.10 Å². The molecule has 0 spiro atoms. The van der Waals surface area contributed by atoms with E-state index in [0.29, 0.717) is 0 Å². The van der Waals surface area contributed by atoms with Crippen molar-refractivity contribution in [3.05, 3.63) is 89.6 Å². The summed E-state index contributed by atoms with van der Waals surface area (Å²) in [5, 5.41) is 13.2. The highest BCUT2D eigenvalue weighted by atomic mass is 15.9. The molecular formula is C20H18N4. The molecule has 2 aliphatic rings. The SMILES string of the molecule is CC1=CC(c2ccccc2)=NN2C(c3ccccc3)=CC(C)=NN12. The highest BCUT2D eigenvalue weighted by Crippen LogP contribution is 2.31. The number of hydrazone groups is 2. The second-order valence-electron chi connectivity index (χ2n) is 5.85. The van der Waals surface area contributed by atoms with E-state index >= 15 is 0 Å². The largest absolute Gasteiger partial charge is 0.156 e. The van der Waals surface area contributed by atoms with Crippen LogP contribution in [-0.2, 0) is 0 Å². The van der Waals surface area contributed by atoms with Crippen LogP contribution in [-0.4, -0.2) is 21.7 Å². The number of hydrogen-bond acceptors (Lipinski definition) is 4. The Labute approximate surface area is 141 Å². The van der Waals surface area contributed by atoms with Crippen molar-refractivity contribution in [3.63, 3.8) is 0 Å². The summed E-state index contributed by atoms with van der Waals surface area (Å²) in [4.78, 5) is 0. The normalized spacial score (nSPS) is 16.8. The number of fused-ring (bicyclic) bond motifs is 1. The summed E-state index contributed by atoms with van der Waals surface area (Å²) in [6.45, 7) is 4.05. The topological polar surface area (TPSA) is 31.2 Å². The number of allylic oxidation sites excluding steroid dienone is 3. The van der Waals surface area contributed by atoms with E-state index < -0.39 is 0 Å². The molecular weight excluding hydrogens is 296 g/mol. The molecule has 0 radical (unpaired) electrons. The van der Waals surface area contributed by atoms with E-state index in [9.17, 15) is 0 Å². The Morgan fingerprint density at radius 1 is 0.667 bits per heavy atom. The summed E-state index contributed by atoms with van der Waals surface area (Å²) in [6.07, 6.45) is 4.13. The zero-order valence-corrected chi connectivity index (χ0v) is 13.7. The van der Waals surface area contributed by atoms with E-state index in [1.165, 1.54) is 0 Å². The molecule has 0 atom stereocenters. The highest BCUT2D eigenvalue weighted by Gasteiger charge is 2.27. The van der Waals surface area contributed by atoms with Gasteiger partial charge in [0.15, 0.2) is 0 Å². The van der Waals surface area contributed by atoms with Gasteiger partial charge in [0.25, 0.3) is 0 Å². The van der Waals surface area contributed by atoms with Crippen molar-refractivity contribution in [3.8, 4) is 0 Å². The summed E-state index contributed by atoms with van der Waals surface area (Å²) in [5.74, 6) is 0. The maximum absolute atomic E-state index is 4.84. The molecule has 2 aromatic rings. The van der Waals surface area contributed by atoms with Crippen LogP contribution in [0.5, 0.6) is 0 Å². The van der Waals surface area contributed by atoms with Crippen LogP contribution in [0.15, 0.2) is 88.7 Å². The monoisotopic (exact) mass is 314 g/mol. The van der Waals surface area contributed by atoms with Crippen LogP contribution < -0.4 is 0 Å². The van der Waals surface area contributed by atoms with Crippen LogP contribution in [0.2, 0.25) is 0 Å². The van der Waals surface area contributed by atoms with Gasteiger partial charge in [0.2, 0.25) is 0 Å². The van der Waals surface area contributed by atoms with E-state index in [-0.39, 0.29) is 0 Å². The number of benzene rings is 2. The van der Waals surface area contributed by atoms with Gasteiger partial charge in [-0.1, -0.05) is 60.7 Å². The van der Waals surface area contributed by atoms with E-state index in [2.05, 4.69) is 48.4 Å². The second kappa shape index (κ2) is 5.81. The third kappa shape index (κ3) is 2.52. The predicted octanol–water partition coefficient (Wildman–Crippen LogP) is 4.26. The molecule has 0 saturated heterocycles. The third-order valence-electron chi connectivity index (χ3n) is 4.00. The molecule has 118 valence electrons. The summed E-state index contributed by atoms with van der Waals surface area (Å²) in [7, 11) is 0. The molecule has 0 saturated carbocycles. The fourth-order valence-electron chi connectivity index (χ4n) is 2.85. The van der Waals surface area contributed by atoms with Gasteiger partial charge in [-0.25, -0.2) is 0 Å². The smallest absolute Gasteiger partial charge is 0.0948 e. The predicted molar refractivity (Wildman–Crippen MR) is 97.9 cm³/mol. The number of nitrogens with zero attached hydrogens (tertiary/aromatic N) is 4. The first-order valence-electron chi connectivity index (χ1n) is 7.97. The van der Waals surface area contributed by atoms with Gasteiger partial charge in [0.1, 0.15) is 0 Å². The molecule has 2 heterocycles. The maximum atomic E-state index is 4.84. The van der Waals surface area contributed by atoms with Crippen LogP contribution in [0.1, 0.15) is 25.0 Å². The average Bonchev–Trinajstić information content (AvgIpc) is 2.63. The van der Waals surface area contributed by atoms with Crippen molar-refractivity contribution in [2.75, 3.05) is 0 Å². The maximum Gasteiger partial charge on any atom is 0.0948 e. The average molecular weight is 314 g/mol. The van der Waals surface area contributed by atoms with E-state index in [4.69, 9.17) is 5.10 Å². The van der Waals surface area contributed by atoms with Gasteiger partial charge in [-0.2, -0.15) is 15.3 Å². The van der Waals surface area contributed by atoms with Crippen LogP contribution in [0.25, 0.3) is 5.70 Å². The zero-order chi connectivity index (χ0) is 16.5. The summed E-state index contributed by atoms with van der Waals surface area (Å²) < 4.78 is 0. The van der Waals surface area contributed by atoms with Gasteiger partial charge in [-0.3, -0.25) is 0 Å². The minimum atomic E-state index is 0.931. The second-order valence-corrected chi connectivity index (χ2v) is 5.85. The fourth-order valence-corrected chi connectivity index (χ4v) is 2.85. The molecule has 0 amide bonds. The molecule has 0 N–H and O–H groups in total. The molecule has 2 aromatic carbocycles. The van der Waals surface area contributed by atoms with Gasteiger partial charge in [0, 0.05) is 11.1 Å². The number of hydrazine groups is 1. The molecule has 0 bridgehead atoms. The van der Waals surface area contributed by atoms with Gasteiger partial charge in [0.05, 0.1) is 22.8 Å². The van der Waals surface area contributed by atoms with Crippen molar-refractivity contribution < 1.29 is 0 Å². The molecule has 4 heteroatoms. The van der Waals surface area contributed by atoms with Crippen molar-refractivity contribution in [2.45, 2.75) is 13.8 Å². The molecule has 0 fully saturated rings. The molecule has 0 unspecified atom stereocenters. The Kier molecular flexibility index (Phi) is 3.50. The molecule has 24 heavy (non-hydrogen) atoms. The number of hydrogen-bond donors (Lipinski definition) is 0. The lowest BCUT2D eigenvalue weighted by Crippen LogP contribution is -2.39. The Bertz CT molecular complexity index is 876. The van der Waals surface area contributed by atoms with Crippen LogP contribution in [0.4, 0.5) is 0 Å².